The number of rotatable bonds is 3. The summed E-state index contributed by atoms with van der Waals surface area (Å²) < 4.78 is 5.20. The highest BCUT2D eigenvalue weighted by Crippen LogP contribution is 2.33. The van der Waals surface area contributed by atoms with Crippen LogP contribution in [0.4, 0.5) is 5.13 Å². The molecule has 0 radical (unpaired) electrons. The molecule has 106 valence electrons. The van der Waals surface area contributed by atoms with Crippen molar-refractivity contribution in [2.24, 2.45) is 5.92 Å². The summed E-state index contributed by atoms with van der Waals surface area (Å²) in [6, 6.07) is 1.79. The molecule has 5 heteroatoms. The van der Waals surface area contributed by atoms with Gasteiger partial charge in [-0.3, -0.25) is 10.1 Å². The molecule has 0 aromatic carbocycles. The van der Waals surface area contributed by atoms with Crippen molar-refractivity contribution < 1.29 is 9.21 Å². The number of fused-ring (bicyclic) bond motifs is 1. The lowest BCUT2D eigenvalue weighted by Gasteiger charge is -2.18. The van der Waals surface area contributed by atoms with Gasteiger partial charge in [0.25, 0.3) is 5.91 Å². The lowest BCUT2D eigenvalue weighted by Crippen LogP contribution is -2.12. The average molecular weight is 290 g/mol. The van der Waals surface area contributed by atoms with Crippen molar-refractivity contribution in [1.82, 2.24) is 4.98 Å². The van der Waals surface area contributed by atoms with E-state index in [4.69, 9.17) is 4.42 Å². The molecule has 0 saturated heterocycles. The van der Waals surface area contributed by atoms with Crippen molar-refractivity contribution in [1.29, 1.82) is 0 Å². The van der Waals surface area contributed by atoms with Crippen molar-refractivity contribution in [2.45, 2.75) is 39.5 Å². The molecule has 1 aliphatic rings. The smallest absolute Gasteiger partial charge is 0.293 e. The molecule has 1 N–H and O–H groups in total. The lowest BCUT2D eigenvalue weighted by molar-refractivity contribution is 0.0996. The average Bonchev–Trinajstić information content (AvgIpc) is 3.03. The summed E-state index contributed by atoms with van der Waals surface area (Å²) in [4.78, 5) is 18.0. The Hall–Kier alpha value is -1.62. The number of aromatic nitrogens is 1. The highest BCUT2D eigenvalue weighted by atomic mass is 32.1. The molecule has 2 aromatic rings. The van der Waals surface area contributed by atoms with Crippen LogP contribution in [0.2, 0.25) is 0 Å². The zero-order valence-electron chi connectivity index (χ0n) is 11.7. The summed E-state index contributed by atoms with van der Waals surface area (Å²) in [5.74, 6) is 0.911. The number of hydrogen-bond acceptors (Lipinski definition) is 4. The predicted octanol–water partition coefficient (Wildman–Crippen LogP) is 3.81. The maximum atomic E-state index is 12.1. The minimum Gasteiger partial charge on any atom is -0.459 e. The van der Waals surface area contributed by atoms with Crippen molar-refractivity contribution in [2.75, 3.05) is 5.32 Å². The molecule has 1 atom stereocenters. The second-order valence-corrected chi connectivity index (χ2v) is 6.38. The topological polar surface area (TPSA) is 55.1 Å². The molecule has 2 heterocycles. The number of hydrogen-bond donors (Lipinski definition) is 1. The molecule has 2 aromatic heterocycles. The first-order chi connectivity index (χ1) is 9.67. The number of nitrogens with one attached hydrogen (secondary N) is 1. The third-order valence-corrected chi connectivity index (χ3v) is 4.94. The van der Waals surface area contributed by atoms with Gasteiger partial charge in [-0.05, 0) is 38.2 Å². The Morgan fingerprint density at radius 1 is 1.60 bits per heavy atom. The molecule has 0 spiro atoms. The Bertz CT molecular complexity index is 630. The fraction of sp³-hybridized carbons (Fsp3) is 0.467. The van der Waals surface area contributed by atoms with Crippen LogP contribution in [0, 0.1) is 12.8 Å². The van der Waals surface area contributed by atoms with E-state index in [1.54, 1.807) is 17.4 Å². The third kappa shape index (κ3) is 2.50. The van der Waals surface area contributed by atoms with E-state index in [-0.39, 0.29) is 5.91 Å². The summed E-state index contributed by atoms with van der Waals surface area (Å²) in [5.41, 5.74) is 2.00. The zero-order chi connectivity index (χ0) is 14.1. The van der Waals surface area contributed by atoms with Gasteiger partial charge in [-0.1, -0.05) is 13.3 Å². The van der Waals surface area contributed by atoms with Crippen LogP contribution in [0.15, 0.2) is 16.7 Å². The van der Waals surface area contributed by atoms with Gasteiger partial charge < -0.3 is 4.42 Å². The van der Waals surface area contributed by atoms with Crippen molar-refractivity contribution in [3.05, 3.63) is 34.2 Å². The molecule has 1 unspecified atom stereocenters. The van der Waals surface area contributed by atoms with Crippen molar-refractivity contribution in [3.63, 3.8) is 0 Å². The Balaban J connectivity index is 1.75. The molecule has 0 bridgehead atoms. The van der Waals surface area contributed by atoms with Crippen LogP contribution in [0.3, 0.4) is 0 Å². The molecule has 1 aliphatic carbocycles. The van der Waals surface area contributed by atoms with E-state index >= 15 is 0 Å². The quantitative estimate of drug-likeness (QED) is 0.935. The predicted molar refractivity (Wildman–Crippen MR) is 79.3 cm³/mol. The minimum atomic E-state index is -0.217. The lowest BCUT2D eigenvalue weighted by atomic mass is 9.89. The van der Waals surface area contributed by atoms with Crippen LogP contribution in [-0.4, -0.2) is 10.9 Å². The van der Waals surface area contributed by atoms with Gasteiger partial charge in [-0.2, -0.15) is 0 Å². The van der Waals surface area contributed by atoms with Crippen LogP contribution < -0.4 is 5.32 Å². The van der Waals surface area contributed by atoms with Gasteiger partial charge in [0, 0.05) is 10.4 Å². The number of nitrogens with zero attached hydrogens (tertiary/aromatic N) is 1. The summed E-state index contributed by atoms with van der Waals surface area (Å²) in [5, 5.41) is 3.54. The van der Waals surface area contributed by atoms with E-state index < -0.39 is 0 Å². The maximum absolute atomic E-state index is 12.1. The van der Waals surface area contributed by atoms with E-state index in [9.17, 15) is 4.79 Å². The molecule has 0 aliphatic heterocycles. The molecular formula is C15H18N2O2S. The van der Waals surface area contributed by atoms with Crippen LogP contribution in [0.25, 0.3) is 0 Å². The molecule has 20 heavy (non-hydrogen) atoms. The van der Waals surface area contributed by atoms with Gasteiger partial charge in [-0.25, -0.2) is 4.98 Å². The highest BCUT2D eigenvalue weighted by Gasteiger charge is 2.22. The highest BCUT2D eigenvalue weighted by molar-refractivity contribution is 7.15. The van der Waals surface area contributed by atoms with Crippen LogP contribution >= 0.6 is 11.3 Å². The van der Waals surface area contributed by atoms with E-state index in [1.807, 2.05) is 6.92 Å². The summed E-state index contributed by atoms with van der Waals surface area (Å²) >= 11 is 1.60. The second-order valence-electron chi connectivity index (χ2n) is 5.29. The Kier molecular flexibility index (Phi) is 3.61. The zero-order valence-corrected chi connectivity index (χ0v) is 12.5. The number of thiazole rings is 1. The monoisotopic (exact) mass is 290 g/mol. The Morgan fingerprint density at radius 2 is 2.45 bits per heavy atom. The largest absolute Gasteiger partial charge is 0.459 e. The van der Waals surface area contributed by atoms with E-state index in [1.165, 1.54) is 24.0 Å². The normalized spacial score (nSPS) is 17.8. The fourth-order valence-corrected chi connectivity index (χ4v) is 3.72. The SMILES string of the molecule is CCC1CCc2nc(NC(=O)c3occc3C)sc2C1. The van der Waals surface area contributed by atoms with Gasteiger partial charge in [0.15, 0.2) is 10.9 Å². The number of anilines is 1. The van der Waals surface area contributed by atoms with Crippen molar-refractivity contribution >= 4 is 22.4 Å². The van der Waals surface area contributed by atoms with Gasteiger partial charge in [-0.15, -0.1) is 11.3 Å². The van der Waals surface area contributed by atoms with Gasteiger partial charge in [0.05, 0.1) is 12.0 Å². The van der Waals surface area contributed by atoms with Crippen LogP contribution in [0.1, 0.15) is 46.5 Å². The first-order valence-electron chi connectivity index (χ1n) is 7.01. The van der Waals surface area contributed by atoms with E-state index in [0.717, 1.165) is 30.0 Å². The number of amides is 1. The summed E-state index contributed by atoms with van der Waals surface area (Å²) in [6.07, 6.45) is 6.07. The number of furan rings is 1. The van der Waals surface area contributed by atoms with Crippen molar-refractivity contribution in [3.8, 4) is 0 Å². The van der Waals surface area contributed by atoms with E-state index in [2.05, 4.69) is 17.2 Å². The molecular weight excluding hydrogens is 272 g/mol. The Labute approximate surface area is 122 Å². The Morgan fingerprint density at radius 3 is 3.15 bits per heavy atom. The van der Waals surface area contributed by atoms with E-state index in [0.29, 0.717) is 10.9 Å². The summed E-state index contributed by atoms with van der Waals surface area (Å²) in [6.45, 7) is 4.09. The number of carbonyl (C=O) groups is 1. The minimum absolute atomic E-state index is 0.217. The first-order valence-corrected chi connectivity index (χ1v) is 7.83. The van der Waals surface area contributed by atoms with Gasteiger partial charge in [0.1, 0.15) is 0 Å². The van der Waals surface area contributed by atoms with Gasteiger partial charge >= 0.3 is 0 Å². The van der Waals surface area contributed by atoms with Crippen LogP contribution in [-0.2, 0) is 12.8 Å². The molecule has 3 rings (SSSR count). The number of carbonyl (C=O) groups excluding carboxylic acids is 1. The molecule has 1 amide bonds. The van der Waals surface area contributed by atoms with Crippen LogP contribution in [0.5, 0.6) is 0 Å². The summed E-state index contributed by atoms with van der Waals surface area (Å²) in [7, 11) is 0. The molecule has 0 fully saturated rings. The van der Waals surface area contributed by atoms with Gasteiger partial charge in [0.2, 0.25) is 0 Å². The molecule has 0 saturated carbocycles. The maximum Gasteiger partial charge on any atom is 0.293 e. The fourth-order valence-electron chi connectivity index (χ4n) is 2.60. The number of aryl methyl sites for hydroxylation is 2. The standard InChI is InChI=1S/C15H18N2O2S/c1-3-10-4-5-11-12(8-10)20-15(16-11)17-14(18)13-9(2)6-7-19-13/h6-7,10H,3-5,8H2,1-2H3,(H,16,17,18). The third-order valence-electron chi connectivity index (χ3n) is 3.91. The second kappa shape index (κ2) is 5.40. The molecule has 4 nitrogen and oxygen atoms in total. The first kappa shape index (κ1) is 13.4.